The van der Waals surface area contributed by atoms with E-state index in [0.717, 1.165) is 0 Å². The molecule has 4 atom stereocenters. The van der Waals surface area contributed by atoms with Crippen LogP contribution in [0.3, 0.4) is 0 Å². The number of hydrogen-bond donors (Lipinski definition) is 1. The molecule has 0 saturated carbocycles. The summed E-state index contributed by atoms with van der Waals surface area (Å²) in [7, 11) is -1.51. The molecule has 2 fully saturated rings. The first-order valence-corrected chi connectivity index (χ1v) is 9.00. The number of rotatable bonds is 3. The van der Waals surface area contributed by atoms with Crippen molar-refractivity contribution in [3.63, 3.8) is 0 Å². The summed E-state index contributed by atoms with van der Waals surface area (Å²) in [5, 5.41) is 0. The molecule has 132 valence electrons. The lowest BCUT2D eigenvalue weighted by atomic mass is 10.2. The number of aromatic nitrogens is 2. The van der Waals surface area contributed by atoms with E-state index >= 15 is 0 Å². The van der Waals surface area contributed by atoms with Gasteiger partial charge in [-0.1, -0.05) is 18.2 Å². The van der Waals surface area contributed by atoms with Crippen LogP contribution < -0.4 is 15.8 Å². The van der Waals surface area contributed by atoms with E-state index in [0.29, 0.717) is 24.3 Å². The smallest absolute Gasteiger partial charge is 0.397 e. The van der Waals surface area contributed by atoms with Crippen LogP contribution >= 0.6 is 8.60 Å². The average molecular weight is 364 g/mol. The third-order valence-corrected chi connectivity index (χ3v) is 5.29. The Labute approximate surface area is 144 Å². The van der Waals surface area contributed by atoms with Gasteiger partial charge in [-0.05, 0) is 19.1 Å². The van der Waals surface area contributed by atoms with Gasteiger partial charge in [0.1, 0.15) is 24.2 Å². The maximum Gasteiger partial charge on any atom is 0.397 e. The summed E-state index contributed by atoms with van der Waals surface area (Å²) in [5.41, 5.74) is -0.441. The van der Waals surface area contributed by atoms with Gasteiger partial charge >= 0.3 is 14.3 Å². The molecule has 0 spiro atoms. The van der Waals surface area contributed by atoms with Crippen molar-refractivity contribution in [2.75, 3.05) is 6.61 Å². The second-order valence-electron chi connectivity index (χ2n) is 5.91. The maximum absolute atomic E-state index is 12.0. The van der Waals surface area contributed by atoms with Crippen molar-refractivity contribution in [3.8, 4) is 5.75 Å². The highest BCUT2D eigenvalue weighted by Crippen LogP contribution is 2.49. The molecule has 0 radical (unpaired) electrons. The van der Waals surface area contributed by atoms with Crippen molar-refractivity contribution in [3.05, 3.63) is 62.9 Å². The number of nitrogens with zero attached hydrogens (tertiary/aromatic N) is 1. The summed E-state index contributed by atoms with van der Waals surface area (Å²) in [5.74, 6) is 0.676. The molecule has 0 amide bonds. The number of H-pyrrole nitrogens is 1. The Balaban J connectivity index is 1.46. The summed E-state index contributed by atoms with van der Waals surface area (Å²) in [4.78, 5) is 25.8. The second-order valence-corrected chi connectivity index (χ2v) is 7.01. The lowest BCUT2D eigenvalue weighted by Gasteiger charge is -2.29. The van der Waals surface area contributed by atoms with Gasteiger partial charge in [0, 0.05) is 18.2 Å². The predicted molar refractivity (Wildman–Crippen MR) is 89.4 cm³/mol. The minimum Gasteiger partial charge on any atom is -0.427 e. The Morgan fingerprint density at radius 3 is 2.84 bits per heavy atom. The summed E-state index contributed by atoms with van der Waals surface area (Å²) in [6.07, 6.45) is 0.979. The van der Waals surface area contributed by atoms with Crippen molar-refractivity contribution in [1.82, 2.24) is 9.55 Å². The molecule has 25 heavy (non-hydrogen) atoms. The summed E-state index contributed by atoms with van der Waals surface area (Å²) < 4.78 is 24.4. The quantitative estimate of drug-likeness (QED) is 0.836. The van der Waals surface area contributed by atoms with Crippen molar-refractivity contribution in [2.24, 2.45) is 0 Å². The number of hydrogen-bond acceptors (Lipinski definition) is 6. The van der Waals surface area contributed by atoms with Gasteiger partial charge in [0.25, 0.3) is 5.56 Å². The monoisotopic (exact) mass is 364 g/mol. The van der Waals surface area contributed by atoms with Crippen molar-refractivity contribution >= 4 is 8.60 Å². The van der Waals surface area contributed by atoms with Gasteiger partial charge < -0.3 is 9.26 Å². The van der Waals surface area contributed by atoms with Crippen LogP contribution in [0.4, 0.5) is 0 Å². The summed E-state index contributed by atoms with van der Waals surface area (Å²) >= 11 is 0. The summed E-state index contributed by atoms with van der Waals surface area (Å²) in [6.45, 7) is 1.97. The van der Waals surface area contributed by atoms with Gasteiger partial charge in [-0.3, -0.25) is 23.4 Å². The molecule has 4 rings (SSSR count). The van der Waals surface area contributed by atoms with E-state index in [1.54, 1.807) is 6.92 Å². The van der Waals surface area contributed by atoms with Crippen LogP contribution in [0, 0.1) is 6.92 Å². The van der Waals surface area contributed by atoms with Gasteiger partial charge in [0.15, 0.2) is 0 Å². The highest BCUT2D eigenvalue weighted by Gasteiger charge is 2.44. The predicted octanol–water partition coefficient (Wildman–Crippen LogP) is 1.85. The van der Waals surface area contributed by atoms with E-state index in [4.69, 9.17) is 18.3 Å². The highest BCUT2D eigenvalue weighted by molar-refractivity contribution is 7.42. The lowest BCUT2D eigenvalue weighted by molar-refractivity contribution is -0.0582. The van der Waals surface area contributed by atoms with Crippen LogP contribution in [0.25, 0.3) is 0 Å². The average Bonchev–Trinajstić information content (AvgIpc) is 3.02. The van der Waals surface area contributed by atoms with Gasteiger partial charge in [0.05, 0.1) is 6.61 Å². The first kappa shape index (κ1) is 16.5. The van der Waals surface area contributed by atoms with E-state index in [-0.39, 0.29) is 12.2 Å². The second kappa shape index (κ2) is 6.72. The van der Waals surface area contributed by atoms with E-state index in [9.17, 15) is 9.59 Å². The molecule has 1 aromatic carbocycles. The topological polar surface area (TPSA) is 91.8 Å². The zero-order chi connectivity index (χ0) is 17.4. The molecule has 8 nitrogen and oxygen atoms in total. The molecular weight excluding hydrogens is 347 g/mol. The van der Waals surface area contributed by atoms with E-state index in [1.807, 2.05) is 30.3 Å². The van der Waals surface area contributed by atoms with Crippen LogP contribution in [0.5, 0.6) is 5.75 Å². The van der Waals surface area contributed by atoms with Crippen molar-refractivity contribution < 1.29 is 18.3 Å². The molecule has 2 saturated heterocycles. The molecule has 1 aromatic heterocycles. The first-order valence-electron chi connectivity index (χ1n) is 7.90. The molecule has 0 unspecified atom stereocenters. The molecule has 2 aromatic rings. The number of aromatic amines is 1. The molecule has 3 heterocycles. The zero-order valence-corrected chi connectivity index (χ0v) is 14.3. The van der Waals surface area contributed by atoms with E-state index < -0.39 is 26.1 Å². The molecule has 1 N–H and O–H groups in total. The Kier molecular flexibility index (Phi) is 4.43. The fraction of sp³-hybridized carbons (Fsp3) is 0.375. The minimum atomic E-state index is -1.51. The normalized spacial score (nSPS) is 28.5. The molecule has 0 aliphatic carbocycles. The van der Waals surface area contributed by atoms with Gasteiger partial charge in [-0.15, -0.1) is 0 Å². The number of benzene rings is 1. The standard InChI is InChI=1S/C16H17N2O6P/c1-10-8-18(16(20)17-15(10)19)14-7-12-13(22-14)9-21-25(24-12)23-11-5-3-2-4-6-11/h2-6,8,12-14H,7,9H2,1H3,(H,17,19,20)/t12-,13+,14+,25+/m0/s1. The Morgan fingerprint density at radius 2 is 2.04 bits per heavy atom. The van der Waals surface area contributed by atoms with Crippen LogP contribution in [0.1, 0.15) is 18.2 Å². The molecule has 2 aliphatic heterocycles. The van der Waals surface area contributed by atoms with Gasteiger partial charge in [0.2, 0.25) is 0 Å². The van der Waals surface area contributed by atoms with Crippen LogP contribution in [-0.2, 0) is 13.8 Å². The van der Waals surface area contributed by atoms with Crippen molar-refractivity contribution in [2.45, 2.75) is 31.8 Å². The Bertz CT molecular complexity index is 867. The molecular formula is C16H17N2O6P. The fourth-order valence-corrected chi connectivity index (χ4v) is 3.98. The third kappa shape index (κ3) is 3.39. The zero-order valence-electron chi connectivity index (χ0n) is 13.5. The number of aryl methyl sites for hydroxylation is 1. The number of nitrogens with one attached hydrogen (secondary N) is 1. The van der Waals surface area contributed by atoms with Crippen LogP contribution in [-0.4, -0.2) is 28.4 Å². The maximum atomic E-state index is 12.0. The Morgan fingerprint density at radius 1 is 1.24 bits per heavy atom. The number of fused-ring (bicyclic) bond motifs is 1. The van der Waals surface area contributed by atoms with Crippen LogP contribution in [0.2, 0.25) is 0 Å². The third-order valence-electron chi connectivity index (χ3n) is 4.13. The molecule has 0 bridgehead atoms. The SMILES string of the molecule is Cc1cn([C@H]2C[C@@H]3O[P@@](Oc4ccccc4)OC[C@H]3O2)c(=O)[nH]c1=O. The fourth-order valence-electron chi connectivity index (χ4n) is 2.82. The molecule has 9 heteroatoms. The largest absolute Gasteiger partial charge is 0.427 e. The first-order chi connectivity index (χ1) is 12.1. The van der Waals surface area contributed by atoms with Crippen LogP contribution in [0.15, 0.2) is 46.1 Å². The summed E-state index contributed by atoms with van der Waals surface area (Å²) in [6, 6.07) is 9.31. The van der Waals surface area contributed by atoms with Gasteiger partial charge in [-0.25, -0.2) is 4.79 Å². The van der Waals surface area contributed by atoms with E-state index in [1.165, 1.54) is 10.8 Å². The van der Waals surface area contributed by atoms with Gasteiger partial charge in [-0.2, -0.15) is 0 Å². The number of ether oxygens (including phenoxy) is 1. The minimum absolute atomic E-state index is 0.229. The van der Waals surface area contributed by atoms with E-state index in [2.05, 4.69) is 4.98 Å². The molecule has 2 aliphatic rings. The lowest BCUT2D eigenvalue weighted by Crippen LogP contribution is -2.33. The highest BCUT2D eigenvalue weighted by atomic mass is 31.2. The number of para-hydroxylation sites is 1. The Hall–Kier alpha value is -1.99. The van der Waals surface area contributed by atoms with Crippen molar-refractivity contribution in [1.29, 1.82) is 0 Å².